The van der Waals surface area contributed by atoms with Gasteiger partial charge in [0.2, 0.25) is 5.95 Å². The zero-order valence-corrected chi connectivity index (χ0v) is 11.8. The molecule has 21 heavy (non-hydrogen) atoms. The molecule has 0 radical (unpaired) electrons. The lowest BCUT2D eigenvalue weighted by molar-refractivity contribution is -0.142. The molecule has 7 heteroatoms. The van der Waals surface area contributed by atoms with Crippen LogP contribution < -0.4 is 10.6 Å². The SMILES string of the molecule is NC1CCN(c2nc3c(c(C(F)(F)F)n2)CCCC3)CC1. The molecule has 1 aliphatic heterocycles. The van der Waals surface area contributed by atoms with Crippen molar-refractivity contribution in [1.82, 2.24) is 9.97 Å². The van der Waals surface area contributed by atoms with E-state index in [9.17, 15) is 13.2 Å². The van der Waals surface area contributed by atoms with Gasteiger partial charge in [0.05, 0.1) is 0 Å². The molecule has 1 saturated heterocycles. The van der Waals surface area contributed by atoms with Gasteiger partial charge >= 0.3 is 6.18 Å². The largest absolute Gasteiger partial charge is 0.433 e. The van der Waals surface area contributed by atoms with Gasteiger partial charge in [0.15, 0.2) is 5.69 Å². The van der Waals surface area contributed by atoms with E-state index in [1.807, 2.05) is 4.90 Å². The maximum absolute atomic E-state index is 13.3. The summed E-state index contributed by atoms with van der Waals surface area (Å²) in [6.45, 7) is 1.24. The molecule has 0 unspecified atom stereocenters. The lowest BCUT2D eigenvalue weighted by atomic mass is 9.94. The minimum Gasteiger partial charge on any atom is -0.341 e. The Kier molecular flexibility index (Phi) is 3.77. The summed E-state index contributed by atoms with van der Waals surface area (Å²) in [5.74, 6) is 0.217. The van der Waals surface area contributed by atoms with Gasteiger partial charge in [-0.15, -0.1) is 0 Å². The predicted octanol–water partition coefficient (Wildman–Crippen LogP) is 2.30. The standard InChI is InChI=1S/C14H19F3N4/c15-14(16,17)12-10-3-1-2-4-11(10)19-13(20-12)21-7-5-9(18)6-8-21/h9H,1-8,18H2. The summed E-state index contributed by atoms with van der Waals surface area (Å²) in [6.07, 6.45) is -0.172. The van der Waals surface area contributed by atoms with Crippen molar-refractivity contribution in [2.24, 2.45) is 5.73 Å². The molecule has 0 aromatic carbocycles. The number of nitrogens with zero attached hydrogens (tertiary/aromatic N) is 3. The number of alkyl halides is 3. The molecular weight excluding hydrogens is 281 g/mol. The van der Waals surface area contributed by atoms with E-state index in [1.165, 1.54) is 0 Å². The highest BCUT2D eigenvalue weighted by molar-refractivity contribution is 5.40. The van der Waals surface area contributed by atoms with Crippen LogP contribution >= 0.6 is 0 Å². The first-order valence-electron chi connectivity index (χ1n) is 7.42. The zero-order chi connectivity index (χ0) is 15.0. The molecule has 0 amide bonds. The fourth-order valence-electron chi connectivity index (χ4n) is 3.06. The normalized spacial score (nSPS) is 20.5. The quantitative estimate of drug-likeness (QED) is 0.864. The molecule has 3 rings (SSSR count). The van der Waals surface area contributed by atoms with Crippen molar-refractivity contribution >= 4 is 5.95 Å². The van der Waals surface area contributed by atoms with Crippen molar-refractivity contribution in [2.45, 2.75) is 50.7 Å². The zero-order valence-electron chi connectivity index (χ0n) is 11.8. The molecule has 0 atom stereocenters. The number of piperidine rings is 1. The Bertz CT molecular complexity index is 522. The average Bonchev–Trinajstić information content (AvgIpc) is 2.46. The summed E-state index contributed by atoms with van der Waals surface area (Å²) in [6, 6.07) is 0.126. The van der Waals surface area contributed by atoms with E-state index in [-0.39, 0.29) is 12.0 Å². The van der Waals surface area contributed by atoms with Gasteiger partial charge in [-0.05, 0) is 38.5 Å². The first-order valence-corrected chi connectivity index (χ1v) is 7.42. The molecule has 1 fully saturated rings. The Morgan fingerprint density at radius 2 is 1.71 bits per heavy atom. The molecule has 2 N–H and O–H groups in total. The van der Waals surface area contributed by atoms with Gasteiger partial charge < -0.3 is 10.6 Å². The number of aromatic nitrogens is 2. The highest BCUT2D eigenvalue weighted by Crippen LogP contribution is 2.35. The third-order valence-corrected chi connectivity index (χ3v) is 4.26. The summed E-state index contributed by atoms with van der Waals surface area (Å²) >= 11 is 0. The van der Waals surface area contributed by atoms with Gasteiger partial charge in [0.25, 0.3) is 0 Å². The molecule has 116 valence electrons. The van der Waals surface area contributed by atoms with Crippen LogP contribution in [0.3, 0.4) is 0 Å². The Morgan fingerprint density at radius 1 is 1.05 bits per heavy atom. The first kappa shape index (κ1) is 14.6. The molecular formula is C14H19F3N4. The van der Waals surface area contributed by atoms with Crippen LogP contribution in [-0.2, 0) is 19.0 Å². The van der Waals surface area contributed by atoms with E-state index in [4.69, 9.17) is 5.73 Å². The first-order chi connectivity index (χ1) is 9.95. The van der Waals surface area contributed by atoms with Gasteiger partial charge in [-0.1, -0.05) is 0 Å². The van der Waals surface area contributed by atoms with Crippen molar-refractivity contribution in [3.63, 3.8) is 0 Å². The lowest BCUT2D eigenvalue weighted by Gasteiger charge is -2.31. The number of hydrogen-bond acceptors (Lipinski definition) is 4. The highest BCUT2D eigenvalue weighted by atomic mass is 19.4. The van der Waals surface area contributed by atoms with E-state index in [0.717, 1.165) is 25.7 Å². The Labute approximate surface area is 121 Å². The second-order valence-electron chi connectivity index (χ2n) is 5.83. The second kappa shape index (κ2) is 5.44. The minimum atomic E-state index is -4.41. The molecule has 2 aliphatic rings. The molecule has 1 aliphatic carbocycles. The fraction of sp³-hybridized carbons (Fsp3) is 0.714. The number of rotatable bonds is 1. The Morgan fingerprint density at radius 3 is 2.38 bits per heavy atom. The molecule has 4 nitrogen and oxygen atoms in total. The molecule has 0 spiro atoms. The minimum absolute atomic E-state index is 0.126. The summed E-state index contributed by atoms with van der Waals surface area (Å²) in [5, 5.41) is 0. The number of hydrogen-bond donors (Lipinski definition) is 1. The summed E-state index contributed by atoms with van der Waals surface area (Å²) in [5.41, 5.74) is 5.97. The third-order valence-electron chi connectivity index (χ3n) is 4.26. The van der Waals surface area contributed by atoms with Crippen molar-refractivity contribution < 1.29 is 13.2 Å². The van der Waals surface area contributed by atoms with Gasteiger partial charge in [-0.2, -0.15) is 13.2 Å². The van der Waals surface area contributed by atoms with Crippen LogP contribution in [0.2, 0.25) is 0 Å². The number of anilines is 1. The molecule has 2 heterocycles. The van der Waals surface area contributed by atoms with Crippen LogP contribution in [0.5, 0.6) is 0 Å². The van der Waals surface area contributed by atoms with Crippen LogP contribution in [0.4, 0.5) is 19.1 Å². The van der Waals surface area contributed by atoms with E-state index >= 15 is 0 Å². The van der Waals surface area contributed by atoms with Gasteiger partial charge in [0.1, 0.15) is 0 Å². The summed E-state index contributed by atoms with van der Waals surface area (Å²) in [4.78, 5) is 10.1. The van der Waals surface area contributed by atoms with Crippen LogP contribution in [0.25, 0.3) is 0 Å². The van der Waals surface area contributed by atoms with Crippen molar-refractivity contribution in [2.75, 3.05) is 18.0 Å². The predicted molar refractivity (Wildman–Crippen MR) is 73.1 cm³/mol. The third kappa shape index (κ3) is 2.97. The van der Waals surface area contributed by atoms with Crippen molar-refractivity contribution in [1.29, 1.82) is 0 Å². The van der Waals surface area contributed by atoms with Crippen LogP contribution in [0, 0.1) is 0 Å². The van der Waals surface area contributed by atoms with E-state index < -0.39 is 11.9 Å². The van der Waals surface area contributed by atoms with E-state index in [1.54, 1.807) is 0 Å². The van der Waals surface area contributed by atoms with Gasteiger partial charge in [-0.25, -0.2) is 9.97 Å². The van der Waals surface area contributed by atoms with Crippen molar-refractivity contribution in [3.05, 3.63) is 17.0 Å². The van der Waals surface area contributed by atoms with Crippen LogP contribution in [0.15, 0.2) is 0 Å². The van der Waals surface area contributed by atoms with E-state index in [2.05, 4.69) is 9.97 Å². The summed E-state index contributed by atoms with van der Waals surface area (Å²) < 4.78 is 39.8. The number of nitrogens with two attached hydrogens (primary N) is 1. The lowest BCUT2D eigenvalue weighted by Crippen LogP contribution is -2.41. The van der Waals surface area contributed by atoms with Crippen molar-refractivity contribution in [3.8, 4) is 0 Å². The Hall–Kier alpha value is -1.37. The number of halogens is 3. The smallest absolute Gasteiger partial charge is 0.341 e. The molecule has 0 saturated carbocycles. The maximum Gasteiger partial charge on any atom is 0.433 e. The average molecular weight is 300 g/mol. The van der Waals surface area contributed by atoms with Gasteiger partial charge in [0, 0.05) is 30.4 Å². The van der Waals surface area contributed by atoms with Gasteiger partial charge in [-0.3, -0.25) is 0 Å². The molecule has 1 aromatic heterocycles. The molecule has 1 aromatic rings. The second-order valence-corrected chi connectivity index (χ2v) is 5.83. The topological polar surface area (TPSA) is 55.0 Å². The Balaban J connectivity index is 1.98. The fourth-order valence-corrected chi connectivity index (χ4v) is 3.06. The number of aryl methyl sites for hydroxylation is 1. The monoisotopic (exact) mass is 300 g/mol. The number of fused-ring (bicyclic) bond motifs is 1. The maximum atomic E-state index is 13.3. The van der Waals surface area contributed by atoms with Crippen LogP contribution in [-0.4, -0.2) is 29.1 Å². The molecule has 0 bridgehead atoms. The van der Waals surface area contributed by atoms with Crippen LogP contribution in [0.1, 0.15) is 42.6 Å². The highest BCUT2D eigenvalue weighted by Gasteiger charge is 2.38. The summed E-state index contributed by atoms with van der Waals surface area (Å²) in [7, 11) is 0. The van der Waals surface area contributed by atoms with E-state index in [0.29, 0.717) is 37.2 Å².